The standard InChI is InChI=1S/C15H26N4O3/c1-21-8-5-16-15(20)13-10-17-18-14(13)12-4-3-6-19(11-12)7-9-22-2/h10,12H,3-9,11H2,1-2H3,(H,16,20)(H,17,18). The summed E-state index contributed by atoms with van der Waals surface area (Å²) in [5.41, 5.74) is 1.59. The Balaban J connectivity index is 1.97. The lowest BCUT2D eigenvalue weighted by molar-refractivity contribution is 0.0933. The number of hydrogen-bond donors (Lipinski definition) is 2. The zero-order valence-corrected chi connectivity index (χ0v) is 13.4. The number of H-pyrrole nitrogens is 1. The van der Waals surface area contributed by atoms with Gasteiger partial charge in [0.05, 0.1) is 30.7 Å². The predicted molar refractivity (Wildman–Crippen MR) is 83.1 cm³/mol. The Morgan fingerprint density at radius 2 is 2.27 bits per heavy atom. The van der Waals surface area contributed by atoms with Crippen molar-refractivity contribution in [2.24, 2.45) is 0 Å². The summed E-state index contributed by atoms with van der Waals surface area (Å²) in [7, 11) is 3.34. The number of piperidine rings is 1. The molecule has 2 rings (SSSR count). The number of nitrogens with one attached hydrogen (secondary N) is 2. The van der Waals surface area contributed by atoms with Crippen LogP contribution < -0.4 is 5.32 Å². The second-order valence-corrected chi connectivity index (χ2v) is 5.58. The molecule has 1 aromatic rings. The van der Waals surface area contributed by atoms with Gasteiger partial charge in [-0.25, -0.2) is 0 Å². The van der Waals surface area contributed by atoms with Gasteiger partial charge in [-0.05, 0) is 19.4 Å². The van der Waals surface area contributed by atoms with Gasteiger partial charge < -0.3 is 19.7 Å². The van der Waals surface area contributed by atoms with E-state index in [2.05, 4.69) is 20.4 Å². The number of nitrogens with zero attached hydrogens (tertiary/aromatic N) is 2. The maximum Gasteiger partial charge on any atom is 0.254 e. The topological polar surface area (TPSA) is 79.5 Å². The minimum Gasteiger partial charge on any atom is -0.383 e. The summed E-state index contributed by atoms with van der Waals surface area (Å²) in [6.45, 7) is 4.70. The Morgan fingerprint density at radius 1 is 1.45 bits per heavy atom. The van der Waals surface area contributed by atoms with Gasteiger partial charge in [0.1, 0.15) is 0 Å². The summed E-state index contributed by atoms with van der Waals surface area (Å²) < 4.78 is 10.1. The van der Waals surface area contributed by atoms with Crippen LogP contribution in [0.15, 0.2) is 6.20 Å². The number of hydrogen-bond acceptors (Lipinski definition) is 5. The van der Waals surface area contributed by atoms with E-state index < -0.39 is 0 Å². The third-order valence-electron chi connectivity index (χ3n) is 4.03. The molecule has 0 radical (unpaired) electrons. The lowest BCUT2D eigenvalue weighted by Crippen LogP contribution is -2.37. The van der Waals surface area contributed by atoms with Crippen LogP contribution in [-0.4, -0.2) is 74.6 Å². The fourth-order valence-corrected chi connectivity index (χ4v) is 2.86. The molecule has 0 bridgehead atoms. The van der Waals surface area contributed by atoms with Gasteiger partial charge in [-0.15, -0.1) is 0 Å². The predicted octanol–water partition coefficient (Wildman–Crippen LogP) is 0.612. The first-order valence-corrected chi connectivity index (χ1v) is 7.78. The third kappa shape index (κ3) is 4.53. The molecule has 2 heterocycles. The van der Waals surface area contributed by atoms with Gasteiger partial charge in [0.25, 0.3) is 5.91 Å². The van der Waals surface area contributed by atoms with Gasteiger partial charge in [-0.3, -0.25) is 9.89 Å². The average Bonchev–Trinajstić information content (AvgIpc) is 3.03. The van der Waals surface area contributed by atoms with Crippen LogP contribution in [0.2, 0.25) is 0 Å². The van der Waals surface area contributed by atoms with Crippen LogP contribution in [-0.2, 0) is 9.47 Å². The van der Waals surface area contributed by atoms with Crippen molar-refractivity contribution in [1.82, 2.24) is 20.4 Å². The molecular formula is C15H26N4O3. The highest BCUT2D eigenvalue weighted by atomic mass is 16.5. The van der Waals surface area contributed by atoms with E-state index in [0.717, 1.165) is 44.8 Å². The highest BCUT2D eigenvalue weighted by Crippen LogP contribution is 2.27. The number of aromatic amines is 1. The molecule has 124 valence electrons. The average molecular weight is 310 g/mol. The van der Waals surface area contributed by atoms with E-state index in [9.17, 15) is 4.79 Å². The molecular weight excluding hydrogens is 284 g/mol. The quantitative estimate of drug-likeness (QED) is 0.688. The molecule has 0 aromatic carbocycles. The molecule has 0 aliphatic carbocycles. The molecule has 1 unspecified atom stereocenters. The molecule has 7 heteroatoms. The van der Waals surface area contributed by atoms with Crippen LogP contribution >= 0.6 is 0 Å². The smallest absolute Gasteiger partial charge is 0.254 e. The van der Waals surface area contributed by atoms with E-state index >= 15 is 0 Å². The maximum absolute atomic E-state index is 12.2. The first-order chi connectivity index (χ1) is 10.8. The monoisotopic (exact) mass is 310 g/mol. The molecule has 1 aliphatic heterocycles. The second-order valence-electron chi connectivity index (χ2n) is 5.58. The van der Waals surface area contributed by atoms with Crippen molar-refractivity contribution in [2.75, 3.05) is 53.6 Å². The van der Waals surface area contributed by atoms with Gasteiger partial charge in [-0.1, -0.05) is 0 Å². The number of carbonyl (C=O) groups is 1. The van der Waals surface area contributed by atoms with Crippen LogP contribution in [0.1, 0.15) is 34.8 Å². The van der Waals surface area contributed by atoms with Crippen molar-refractivity contribution < 1.29 is 14.3 Å². The highest BCUT2D eigenvalue weighted by molar-refractivity contribution is 5.95. The molecule has 1 fully saturated rings. The van der Waals surface area contributed by atoms with Gasteiger partial charge >= 0.3 is 0 Å². The Bertz CT molecular complexity index is 463. The molecule has 1 saturated heterocycles. The Labute approximate surface area is 131 Å². The van der Waals surface area contributed by atoms with Gasteiger partial charge in [0.2, 0.25) is 0 Å². The third-order valence-corrected chi connectivity index (χ3v) is 4.03. The van der Waals surface area contributed by atoms with Crippen molar-refractivity contribution in [3.63, 3.8) is 0 Å². The number of amides is 1. The minimum atomic E-state index is -0.0881. The number of rotatable bonds is 8. The van der Waals surface area contributed by atoms with Crippen molar-refractivity contribution in [3.8, 4) is 0 Å². The summed E-state index contributed by atoms with van der Waals surface area (Å²) >= 11 is 0. The first-order valence-electron chi connectivity index (χ1n) is 7.78. The van der Waals surface area contributed by atoms with E-state index in [1.165, 1.54) is 0 Å². The van der Waals surface area contributed by atoms with Crippen molar-refractivity contribution in [3.05, 3.63) is 17.5 Å². The maximum atomic E-state index is 12.2. The molecule has 7 nitrogen and oxygen atoms in total. The Morgan fingerprint density at radius 3 is 3.05 bits per heavy atom. The van der Waals surface area contributed by atoms with Gasteiger partial charge in [0, 0.05) is 39.8 Å². The van der Waals surface area contributed by atoms with Crippen LogP contribution in [0.5, 0.6) is 0 Å². The second kappa shape index (κ2) is 8.87. The summed E-state index contributed by atoms with van der Waals surface area (Å²) in [4.78, 5) is 14.6. The lowest BCUT2D eigenvalue weighted by Gasteiger charge is -2.32. The van der Waals surface area contributed by atoms with Crippen LogP contribution in [0.25, 0.3) is 0 Å². The van der Waals surface area contributed by atoms with Gasteiger partial charge in [0.15, 0.2) is 0 Å². The molecule has 2 N–H and O–H groups in total. The number of carbonyl (C=O) groups excluding carboxylic acids is 1. The SMILES string of the molecule is COCCNC(=O)c1cn[nH]c1C1CCCN(CCOC)C1. The van der Waals surface area contributed by atoms with E-state index in [0.29, 0.717) is 24.6 Å². The highest BCUT2D eigenvalue weighted by Gasteiger charge is 2.26. The molecule has 1 aliphatic rings. The van der Waals surface area contributed by atoms with Crippen molar-refractivity contribution >= 4 is 5.91 Å². The van der Waals surface area contributed by atoms with E-state index in [1.807, 2.05) is 0 Å². The fraction of sp³-hybridized carbons (Fsp3) is 0.733. The van der Waals surface area contributed by atoms with Crippen molar-refractivity contribution in [2.45, 2.75) is 18.8 Å². The van der Waals surface area contributed by atoms with Gasteiger partial charge in [-0.2, -0.15) is 5.10 Å². The zero-order chi connectivity index (χ0) is 15.8. The Hall–Kier alpha value is -1.44. The van der Waals surface area contributed by atoms with Crippen LogP contribution in [0.3, 0.4) is 0 Å². The zero-order valence-electron chi connectivity index (χ0n) is 13.4. The number of methoxy groups -OCH3 is 2. The molecule has 0 spiro atoms. The number of aromatic nitrogens is 2. The summed E-state index contributed by atoms with van der Waals surface area (Å²) in [5, 5.41) is 9.95. The molecule has 0 saturated carbocycles. The molecule has 1 atom stereocenters. The molecule has 1 amide bonds. The molecule has 1 aromatic heterocycles. The van der Waals surface area contributed by atoms with E-state index in [4.69, 9.17) is 9.47 Å². The van der Waals surface area contributed by atoms with Crippen molar-refractivity contribution in [1.29, 1.82) is 0 Å². The summed E-state index contributed by atoms with van der Waals surface area (Å²) in [5.74, 6) is 0.228. The van der Waals surface area contributed by atoms with Crippen LogP contribution in [0, 0.1) is 0 Å². The first kappa shape index (κ1) is 16.9. The van der Waals surface area contributed by atoms with Crippen LogP contribution in [0.4, 0.5) is 0 Å². The number of ether oxygens (including phenoxy) is 2. The minimum absolute atomic E-state index is 0.0881. The normalized spacial score (nSPS) is 19.3. The number of likely N-dealkylation sites (tertiary alicyclic amines) is 1. The summed E-state index contributed by atoms with van der Waals surface area (Å²) in [6, 6.07) is 0. The fourth-order valence-electron chi connectivity index (χ4n) is 2.86. The lowest BCUT2D eigenvalue weighted by atomic mass is 9.92. The van der Waals surface area contributed by atoms with E-state index in [-0.39, 0.29) is 5.91 Å². The largest absolute Gasteiger partial charge is 0.383 e. The van der Waals surface area contributed by atoms with E-state index in [1.54, 1.807) is 20.4 Å². The summed E-state index contributed by atoms with van der Waals surface area (Å²) in [6.07, 6.45) is 3.81. The Kier molecular flexibility index (Phi) is 6.82. The molecule has 22 heavy (non-hydrogen) atoms.